The number of nitro groups is 1. The molecule has 7 rings (SSSR count). The van der Waals surface area contributed by atoms with Gasteiger partial charge in [-0.05, 0) is 34.4 Å². The van der Waals surface area contributed by atoms with Crippen LogP contribution in [0.15, 0.2) is 66.7 Å². The maximum Gasteiger partial charge on any atom is 0.313 e. The minimum atomic E-state index is -0.706. The molecule has 2 atom stereocenters. The molecule has 3 aliphatic carbocycles. The van der Waals surface area contributed by atoms with E-state index in [-0.39, 0.29) is 35.1 Å². The van der Waals surface area contributed by atoms with Gasteiger partial charge >= 0.3 is 11.7 Å². The second-order valence-corrected chi connectivity index (χ2v) is 8.78. The number of carbonyl (C=O) groups is 3. The van der Waals surface area contributed by atoms with E-state index in [0.717, 1.165) is 40.1 Å². The Balaban J connectivity index is 1.49. The molecule has 1 saturated heterocycles. The van der Waals surface area contributed by atoms with Gasteiger partial charge in [0.25, 0.3) is 0 Å². The molecule has 0 spiro atoms. The highest BCUT2D eigenvalue weighted by molar-refractivity contribution is 6.23. The van der Waals surface area contributed by atoms with Gasteiger partial charge in [0.05, 0.1) is 22.4 Å². The van der Waals surface area contributed by atoms with Crippen LogP contribution in [0.3, 0.4) is 0 Å². The average molecular weight is 454 g/mol. The lowest BCUT2D eigenvalue weighted by molar-refractivity contribution is -0.385. The average Bonchev–Trinajstić information content (AvgIpc) is 3.09. The third-order valence-corrected chi connectivity index (χ3v) is 7.10. The minimum absolute atomic E-state index is 0.0968. The number of anilines is 1. The highest BCUT2D eigenvalue weighted by atomic mass is 16.6. The van der Waals surface area contributed by atoms with Crippen LogP contribution in [0, 0.1) is 22.0 Å². The van der Waals surface area contributed by atoms with E-state index in [1.165, 1.54) is 12.1 Å². The van der Waals surface area contributed by atoms with Crippen molar-refractivity contribution >= 4 is 29.2 Å². The first-order valence-corrected chi connectivity index (χ1v) is 10.9. The van der Waals surface area contributed by atoms with E-state index in [9.17, 15) is 24.5 Å². The number of hydrogen-bond acceptors (Lipinski definition) is 6. The summed E-state index contributed by atoms with van der Waals surface area (Å²) in [6, 6.07) is 19.6. The van der Waals surface area contributed by atoms with Crippen LogP contribution in [0.2, 0.25) is 0 Å². The Morgan fingerprint density at radius 2 is 1.32 bits per heavy atom. The van der Waals surface area contributed by atoms with Gasteiger partial charge in [0.15, 0.2) is 0 Å². The molecule has 4 aliphatic rings. The van der Waals surface area contributed by atoms with Gasteiger partial charge in [-0.3, -0.25) is 24.5 Å². The summed E-state index contributed by atoms with van der Waals surface area (Å²) < 4.78 is 4.93. The number of carbonyl (C=O) groups excluding carboxylic acids is 3. The molecule has 3 aromatic rings. The van der Waals surface area contributed by atoms with Crippen LogP contribution < -0.4 is 9.64 Å². The SMILES string of the molecule is CC(=O)Oc1ccc(N2C(=O)C3C4c5ccccc5C(c5ccccc54)C3C2=O)cc1[N+](=O)[O-]. The molecular formula is C26H18N2O6. The Hall–Kier alpha value is -4.33. The molecule has 2 amide bonds. The number of nitrogens with zero attached hydrogens (tertiary/aromatic N) is 2. The first kappa shape index (κ1) is 20.3. The fourth-order valence-corrected chi connectivity index (χ4v) is 5.96. The molecular weight excluding hydrogens is 436 g/mol. The zero-order chi connectivity index (χ0) is 23.7. The Bertz CT molecular complexity index is 1310. The van der Waals surface area contributed by atoms with Crippen molar-refractivity contribution in [1.29, 1.82) is 0 Å². The number of ether oxygens (including phenoxy) is 1. The van der Waals surface area contributed by atoms with Crippen molar-refractivity contribution in [2.45, 2.75) is 18.8 Å². The van der Waals surface area contributed by atoms with E-state index in [1.807, 2.05) is 48.5 Å². The molecule has 168 valence electrons. The molecule has 8 heteroatoms. The summed E-state index contributed by atoms with van der Waals surface area (Å²) in [6.45, 7) is 1.14. The van der Waals surface area contributed by atoms with Crippen molar-refractivity contribution in [3.8, 4) is 5.75 Å². The summed E-state index contributed by atoms with van der Waals surface area (Å²) in [4.78, 5) is 50.8. The molecule has 1 heterocycles. The summed E-state index contributed by atoms with van der Waals surface area (Å²) in [7, 11) is 0. The van der Waals surface area contributed by atoms with Crippen molar-refractivity contribution in [2.24, 2.45) is 11.8 Å². The summed E-state index contributed by atoms with van der Waals surface area (Å²) in [5.41, 5.74) is 3.80. The van der Waals surface area contributed by atoms with Crippen molar-refractivity contribution < 1.29 is 24.0 Å². The van der Waals surface area contributed by atoms with Crippen LogP contribution in [0.5, 0.6) is 5.75 Å². The standard InChI is InChI=1S/C26H18N2O6/c1-13(29)34-20-11-10-14(12-19(20)28(32)33)27-25(30)23-21-15-6-2-3-7-16(15)22(24(23)26(27)31)18-9-5-4-8-17(18)21/h2-12,21-24H,1H3. The number of amides is 2. The quantitative estimate of drug-likeness (QED) is 0.195. The molecule has 3 aromatic carbocycles. The summed E-state index contributed by atoms with van der Waals surface area (Å²) in [5, 5.41) is 11.6. The van der Waals surface area contributed by atoms with Gasteiger partial charge in [-0.1, -0.05) is 48.5 Å². The molecule has 34 heavy (non-hydrogen) atoms. The van der Waals surface area contributed by atoms with Crippen molar-refractivity contribution in [1.82, 2.24) is 0 Å². The van der Waals surface area contributed by atoms with E-state index in [2.05, 4.69) is 0 Å². The van der Waals surface area contributed by atoms with Crippen LogP contribution in [0.4, 0.5) is 11.4 Å². The van der Waals surface area contributed by atoms with Crippen LogP contribution in [-0.2, 0) is 14.4 Å². The first-order valence-electron chi connectivity index (χ1n) is 10.9. The van der Waals surface area contributed by atoms with Crippen LogP contribution in [0.25, 0.3) is 0 Å². The topological polar surface area (TPSA) is 107 Å². The number of benzene rings is 3. The predicted molar refractivity (Wildman–Crippen MR) is 120 cm³/mol. The second-order valence-electron chi connectivity index (χ2n) is 8.78. The van der Waals surface area contributed by atoms with Gasteiger partial charge in [0, 0.05) is 24.8 Å². The molecule has 1 fully saturated rings. The zero-order valence-electron chi connectivity index (χ0n) is 18.0. The lowest BCUT2D eigenvalue weighted by Gasteiger charge is -2.45. The van der Waals surface area contributed by atoms with Crippen molar-refractivity contribution in [2.75, 3.05) is 4.90 Å². The smallest absolute Gasteiger partial charge is 0.313 e. The Labute approximate surface area is 193 Å². The predicted octanol–water partition coefficient (Wildman–Crippen LogP) is 3.92. The Morgan fingerprint density at radius 1 is 0.853 bits per heavy atom. The van der Waals surface area contributed by atoms with E-state index in [4.69, 9.17) is 4.74 Å². The molecule has 8 nitrogen and oxygen atoms in total. The maximum absolute atomic E-state index is 13.8. The number of rotatable bonds is 3. The Kier molecular flexibility index (Phi) is 4.23. The van der Waals surface area contributed by atoms with Crippen LogP contribution in [0.1, 0.15) is 41.0 Å². The van der Waals surface area contributed by atoms with Gasteiger partial charge < -0.3 is 4.74 Å². The number of imide groups is 1. The van der Waals surface area contributed by atoms with Gasteiger partial charge in [0.2, 0.25) is 17.6 Å². The third kappa shape index (κ3) is 2.62. The monoisotopic (exact) mass is 454 g/mol. The minimum Gasteiger partial charge on any atom is -0.419 e. The molecule has 0 saturated carbocycles. The molecule has 0 N–H and O–H groups in total. The maximum atomic E-state index is 13.8. The van der Waals surface area contributed by atoms with Crippen molar-refractivity contribution in [3.05, 3.63) is 99.1 Å². The summed E-state index contributed by atoms with van der Waals surface area (Å²) in [6.07, 6.45) is 0. The lowest BCUT2D eigenvalue weighted by Crippen LogP contribution is -2.41. The van der Waals surface area contributed by atoms with E-state index in [0.29, 0.717) is 0 Å². The second kappa shape index (κ2) is 7.08. The summed E-state index contributed by atoms with van der Waals surface area (Å²) in [5.74, 6) is -3.39. The highest BCUT2D eigenvalue weighted by Crippen LogP contribution is 2.61. The fourth-order valence-electron chi connectivity index (χ4n) is 5.96. The van der Waals surface area contributed by atoms with Gasteiger partial charge in [0.1, 0.15) is 0 Å². The normalized spacial score (nSPS) is 23.9. The number of hydrogen-bond donors (Lipinski definition) is 0. The molecule has 2 bridgehead atoms. The zero-order valence-corrected chi connectivity index (χ0v) is 18.0. The van der Waals surface area contributed by atoms with Gasteiger partial charge in [-0.15, -0.1) is 0 Å². The van der Waals surface area contributed by atoms with Gasteiger partial charge in [-0.25, -0.2) is 4.90 Å². The van der Waals surface area contributed by atoms with E-state index < -0.39 is 28.4 Å². The Morgan fingerprint density at radius 3 is 1.74 bits per heavy atom. The fraction of sp³-hybridized carbons (Fsp3) is 0.192. The number of esters is 1. The molecule has 2 unspecified atom stereocenters. The van der Waals surface area contributed by atoms with E-state index >= 15 is 0 Å². The lowest BCUT2D eigenvalue weighted by atomic mass is 9.55. The summed E-state index contributed by atoms with van der Waals surface area (Å²) >= 11 is 0. The highest BCUT2D eigenvalue weighted by Gasteiger charge is 2.61. The van der Waals surface area contributed by atoms with Gasteiger partial charge in [-0.2, -0.15) is 0 Å². The first-order chi connectivity index (χ1) is 16.4. The largest absolute Gasteiger partial charge is 0.419 e. The number of nitro benzene ring substituents is 1. The van der Waals surface area contributed by atoms with Crippen molar-refractivity contribution in [3.63, 3.8) is 0 Å². The van der Waals surface area contributed by atoms with E-state index in [1.54, 1.807) is 0 Å². The molecule has 0 radical (unpaired) electrons. The molecule has 0 aromatic heterocycles. The van der Waals surface area contributed by atoms with Crippen LogP contribution in [-0.4, -0.2) is 22.7 Å². The van der Waals surface area contributed by atoms with Crippen LogP contribution >= 0.6 is 0 Å². The molecule has 1 aliphatic heterocycles. The third-order valence-electron chi connectivity index (χ3n) is 7.10.